The predicted octanol–water partition coefficient (Wildman–Crippen LogP) is 4.72. The molecular weight excluding hydrogens is 472 g/mol. The van der Waals surface area contributed by atoms with E-state index in [0.29, 0.717) is 28.4 Å². The molecule has 2 heterocycles. The number of aryl methyl sites for hydroxylation is 1. The number of ether oxygens (including phenoxy) is 2. The standard InChI is InChI=1S/C27H28N6O4/c1-6-15(2)21-24(34)30-22-23(29-21)31-27(36-19-9-7-8-18(13-19)26(35)33(4)5)32-25(22)37-20-12-17(14-28)11-10-16(20)3/h7-13,15,21H,6H2,1-5H3,(H,30,34)(H,29,31,32). The monoisotopic (exact) mass is 500 g/mol. The summed E-state index contributed by atoms with van der Waals surface area (Å²) in [5, 5.41) is 15.4. The van der Waals surface area contributed by atoms with E-state index < -0.39 is 6.04 Å². The van der Waals surface area contributed by atoms with Gasteiger partial charge < -0.3 is 25.0 Å². The lowest BCUT2D eigenvalue weighted by molar-refractivity contribution is -0.118. The van der Waals surface area contributed by atoms with Gasteiger partial charge in [-0.3, -0.25) is 9.59 Å². The van der Waals surface area contributed by atoms with Gasteiger partial charge in [0.15, 0.2) is 5.82 Å². The normalized spacial score (nSPS) is 14.9. The van der Waals surface area contributed by atoms with Crippen LogP contribution in [0.25, 0.3) is 0 Å². The number of carbonyl (C=O) groups is 2. The largest absolute Gasteiger partial charge is 0.437 e. The average molecular weight is 501 g/mol. The molecule has 10 nitrogen and oxygen atoms in total. The molecule has 1 aliphatic rings. The van der Waals surface area contributed by atoms with Crippen LogP contribution >= 0.6 is 0 Å². The van der Waals surface area contributed by atoms with Crippen molar-refractivity contribution in [3.05, 3.63) is 59.2 Å². The molecule has 1 aliphatic heterocycles. The second-order valence-electron chi connectivity index (χ2n) is 9.06. The molecule has 2 amide bonds. The molecule has 2 unspecified atom stereocenters. The zero-order valence-corrected chi connectivity index (χ0v) is 21.3. The minimum absolute atomic E-state index is 0.0381. The third kappa shape index (κ3) is 5.46. The molecule has 1 aromatic heterocycles. The van der Waals surface area contributed by atoms with Crippen molar-refractivity contribution in [1.82, 2.24) is 14.9 Å². The molecule has 0 spiro atoms. The van der Waals surface area contributed by atoms with Crippen LogP contribution < -0.4 is 20.1 Å². The molecule has 0 fully saturated rings. The van der Waals surface area contributed by atoms with E-state index in [0.717, 1.165) is 12.0 Å². The van der Waals surface area contributed by atoms with E-state index >= 15 is 0 Å². The highest BCUT2D eigenvalue weighted by atomic mass is 16.5. The first-order valence-electron chi connectivity index (χ1n) is 11.9. The summed E-state index contributed by atoms with van der Waals surface area (Å²) >= 11 is 0. The van der Waals surface area contributed by atoms with Gasteiger partial charge in [0.05, 0.1) is 11.6 Å². The number of amides is 2. The van der Waals surface area contributed by atoms with Crippen LogP contribution in [0.4, 0.5) is 11.5 Å². The number of nitriles is 1. The molecule has 0 saturated heterocycles. The Kier molecular flexibility index (Phi) is 7.25. The Labute approximate surface area is 215 Å². The van der Waals surface area contributed by atoms with Gasteiger partial charge in [-0.1, -0.05) is 32.4 Å². The molecule has 2 N–H and O–H groups in total. The molecule has 0 bridgehead atoms. The highest BCUT2D eigenvalue weighted by molar-refractivity contribution is 6.03. The van der Waals surface area contributed by atoms with Crippen LogP contribution in [0.5, 0.6) is 23.4 Å². The number of nitrogens with zero attached hydrogens (tertiary/aromatic N) is 4. The number of rotatable bonds is 7. The Morgan fingerprint density at radius 3 is 2.68 bits per heavy atom. The molecule has 0 radical (unpaired) electrons. The van der Waals surface area contributed by atoms with Crippen molar-refractivity contribution in [1.29, 1.82) is 5.26 Å². The van der Waals surface area contributed by atoms with E-state index in [2.05, 4.69) is 26.7 Å². The van der Waals surface area contributed by atoms with Crippen molar-refractivity contribution < 1.29 is 19.1 Å². The van der Waals surface area contributed by atoms with Crippen LogP contribution in [-0.4, -0.2) is 46.8 Å². The molecule has 2 atom stereocenters. The van der Waals surface area contributed by atoms with Crippen LogP contribution in [-0.2, 0) is 4.79 Å². The lowest BCUT2D eigenvalue weighted by Gasteiger charge is -2.30. The van der Waals surface area contributed by atoms with Crippen LogP contribution in [0.15, 0.2) is 42.5 Å². The predicted molar refractivity (Wildman–Crippen MR) is 138 cm³/mol. The van der Waals surface area contributed by atoms with E-state index in [-0.39, 0.29) is 35.3 Å². The summed E-state index contributed by atoms with van der Waals surface area (Å²) in [5.74, 6) is 0.819. The Bertz CT molecular complexity index is 1400. The molecule has 10 heteroatoms. The molecule has 3 aromatic rings. The number of fused-ring (bicyclic) bond motifs is 1. The van der Waals surface area contributed by atoms with Crippen LogP contribution in [0.3, 0.4) is 0 Å². The number of hydrogen-bond acceptors (Lipinski definition) is 8. The molecule has 37 heavy (non-hydrogen) atoms. The van der Waals surface area contributed by atoms with Crippen LogP contribution in [0, 0.1) is 24.2 Å². The van der Waals surface area contributed by atoms with Gasteiger partial charge >= 0.3 is 6.01 Å². The fourth-order valence-corrected chi connectivity index (χ4v) is 3.75. The summed E-state index contributed by atoms with van der Waals surface area (Å²) in [5.41, 5.74) is 1.91. The van der Waals surface area contributed by atoms with E-state index in [1.54, 1.807) is 56.6 Å². The van der Waals surface area contributed by atoms with Crippen molar-refractivity contribution in [3.8, 4) is 29.5 Å². The van der Waals surface area contributed by atoms with Gasteiger partial charge in [-0.2, -0.15) is 15.2 Å². The van der Waals surface area contributed by atoms with Gasteiger partial charge in [0.25, 0.3) is 11.8 Å². The smallest absolute Gasteiger partial charge is 0.327 e. The number of benzene rings is 2. The van der Waals surface area contributed by atoms with Crippen LogP contribution in [0.1, 0.15) is 41.8 Å². The van der Waals surface area contributed by atoms with Gasteiger partial charge in [0.2, 0.25) is 5.91 Å². The Hall–Kier alpha value is -4.65. The summed E-state index contributed by atoms with van der Waals surface area (Å²) < 4.78 is 12.0. The molecule has 4 rings (SSSR count). The van der Waals surface area contributed by atoms with Crippen molar-refractivity contribution in [2.75, 3.05) is 24.7 Å². The second kappa shape index (κ2) is 10.5. The minimum atomic E-state index is -0.502. The van der Waals surface area contributed by atoms with Crippen LogP contribution in [0.2, 0.25) is 0 Å². The number of carbonyl (C=O) groups excluding carboxylic acids is 2. The maximum atomic E-state index is 12.9. The highest BCUT2D eigenvalue weighted by Crippen LogP contribution is 2.40. The molecule has 0 aliphatic carbocycles. The Morgan fingerprint density at radius 2 is 1.97 bits per heavy atom. The van der Waals surface area contributed by atoms with Gasteiger partial charge in [-0.15, -0.1) is 0 Å². The van der Waals surface area contributed by atoms with Crippen molar-refractivity contribution in [2.24, 2.45) is 5.92 Å². The molecule has 0 saturated carbocycles. The molecule has 190 valence electrons. The number of hydrogen-bond donors (Lipinski definition) is 2. The van der Waals surface area contributed by atoms with Crippen molar-refractivity contribution in [3.63, 3.8) is 0 Å². The SMILES string of the molecule is CCC(C)C1Nc2nc(Oc3cccc(C(=O)N(C)C)c3)nc(Oc3cc(C#N)ccc3C)c2NC1=O. The Balaban J connectivity index is 1.76. The zero-order valence-electron chi connectivity index (χ0n) is 21.3. The maximum absolute atomic E-state index is 12.9. The van der Waals surface area contributed by atoms with E-state index in [1.165, 1.54) is 4.90 Å². The zero-order chi connectivity index (χ0) is 26.7. The first-order valence-corrected chi connectivity index (χ1v) is 11.9. The summed E-state index contributed by atoms with van der Waals surface area (Å²) in [6, 6.07) is 13.3. The lowest BCUT2D eigenvalue weighted by atomic mass is 9.97. The molecular formula is C27H28N6O4. The summed E-state index contributed by atoms with van der Waals surface area (Å²) in [6.07, 6.45) is 0.783. The second-order valence-corrected chi connectivity index (χ2v) is 9.06. The quantitative estimate of drug-likeness (QED) is 0.477. The summed E-state index contributed by atoms with van der Waals surface area (Å²) in [4.78, 5) is 35.6. The lowest BCUT2D eigenvalue weighted by Crippen LogP contribution is -2.43. The van der Waals surface area contributed by atoms with Gasteiger partial charge in [-0.25, -0.2) is 0 Å². The number of anilines is 2. The minimum Gasteiger partial charge on any atom is -0.437 e. The average Bonchev–Trinajstić information content (AvgIpc) is 2.89. The topological polar surface area (TPSA) is 129 Å². The van der Waals surface area contributed by atoms with Gasteiger partial charge in [-0.05, 0) is 48.7 Å². The fraction of sp³-hybridized carbons (Fsp3) is 0.296. The first kappa shape index (κ1) is 25.4. The van der Waals surface area contributed by atoms with E-state index in [4.69, 9.17) is 9.47 Å². The fourth-order valence-electron chi connectivity index (χ4n) is 3.75. The third-order valence-electron chi connectivity index (χ3n) is 6.11. The third-order valence-corrected chi connectivity index (χ3v) is 6.11. The van der Waals surface area contributed by atoms with Crippen molar-refractivity contribution in [2.45, 2.75) is 33.2 Å². The summed E-state index contributed by atoms with van der Waals surface area (Å²) in [6.45, 7) is 5.82. The number of nitrogens with one attached hydrogen (secondary N) is 2. The van der Waals surface area contributed by atoms with E-state index in [1.807, 2.05) is 20.8 Å². The first-order chi connectivity index (χ1) is 17.7. The summed E-state index contributed by atoms with van der Waals surface area (Å²) in [7, 11) is 3.34. The maximum Gasteiger partial charge on any atom is 0.327 e. The van der Waals surface area contributed by atoms with E-state index in [9.17, 15) is 14.9 Å². The number of aromatic nitrogens is 2. The Morgan fingerprint density at radius 1 is 1.19 bits per heavy atom. The van der Waals surface area contributed by atoms with Gasteiger partial charge in [0.1, 0.15) is 23.2 Å². The molecule has 2 aromatic carbocycles. The highest BCUT2D eigenvalue weighted by Gasteiger charge is 2.33. The van der Waals surface area contributed by atoms with Gasteiger partial charge in [0, 0.05) is 19.7 Å². The van der Waals surface area contributed by atoms with Crippen molar-refractivity contribution >= 4 is 23.3 Å².